The Hall–Kier alpha value is -1.15. The molecule has 0 heterocycles. The topological polar surface area (TPSA) is 17.1 Å². The van der Waals surface area contributed by atoms with Crippen molar-refractivity contribution < 1.29 is 4.79 Å². The fourth-order valence-corrected chi connectivity index (χ4v) is 2.25. The molecule has 0 saturated heterocycles. The van der Waals surface area contributed by atoms with Crippen LogP contribution in [0, 0.1) is 5.92 Å². The van der Waals surface area contributed by atoms with Crippen LogP contribution in [0.25, 0.3) is 0 Å². The maximum absolute atomic E-state index is 12.0. The van der Waals surface area contributed by atoms with Crippen LogP contribution < -0.4 is 0 Å². The first-order chi connectivity index (χ1) is 7.40. The Morgan fingerprint density at radius 3 is 2.25 bits per heavy atom. The van der Waals surface area contributed by atoms with Crippen LogP contribution in [0.2, 0.25) is 19.6 Å². The quantitative estimate of drug-likeness (QED) is 0.567. The van der Waals surface area contributed by atoms with Gasteiger partial charge in [-0.2, -0.15) is 0 Å². The first-order valence-corrected chi connectivity index (χ1v) is 9.26. The number of rotatable bonds is 4. The number of carbonyl (C=O) groups is 1. The van der Waals surface area contributed by atoms with Crippen LogP contribution in [0.1, 0.15) is 17.3 Å². The van der Waals surface area contributed by atoms with Crippen LogP contribution >= 0.6 is 0 Å². The molecule has 0 spiro atoms. The van der Waals surface area contributed by atoms with Crippen molar-refractivity contribution in [1.29, 1.82) is 0 Å². The minimum Gasteiger partial charge on any atom is -0.294 e. The molecule has 2 heteroatoms. The lowest BCUT2D eigenvalue weighted by Gasteiger charge is -2.11. The van der Waals surface area contributed by atoms with Gasteiger partial charge in [0.15, 0.2) is 5.78 Å². The van der Waals surface area contributed by atoms with E-state index in [0.29, 0.717) is 0 Å². The highest BCUT2D eigenvalue weighted by atomic mass is 28.3. The van der Waals surface area contributed by atoms with Crippen LogP contribution in [0.15, 0.2) is 42.1 Å². The Balaban J connectivity index is 2.73. The summed E-state index contributed by atoms with van der Waals surface area (Å²) in [5.74, 6) is 0.184. The van der Waals surface area contributed by atoms with Crippen LogP contribution in [-0.4, -0.2) is 13.9 Å². The molecule has 0 aromatic heterocycles. The molecular formula is C14H20OSi. The second-order valence-electron chi connectivity index (χ2n) is 5.24. The SMILES string of the molecule is CC(/C=C/[Si](C)(C)C)C(=O)c1ccccc1. The molecule has 1 rings (SSSR count). The van der Waals surface area contributed by atoms with Crippen molar-refractivity contribution in [1.82, 2.24) is 0 Å². The van der Waals surface area contributed by atoms with E-state index < -0.39 is 8.07 Å². The van der Waals surface area contributed by atoms with Gasteiger partial charge in [0.25, 0.3) is 0 Å². The molecule has 1 aromatic carbocycles. The second kappa shape index (κ2) is 5.26. The van der Waals surface area contributed by atoms with E-state index in [1.54, 1.807) is 0 Å². The third-order valence-electron chi connectivity index (χ3n) is 2.36. The van der Waals surface area contributed by atoms with Crippen molar-refractivity contribution in [2.75, 3.05) is 0 Å². The molecule has 0 bridgehead atoms. The third kappa shape index (κ3) is 4.15. The zero-order valence-electron chi connectivity index (χ0n) is 10.5. The van der Waals surface area contributed by atoms with Crippen molar-refractivity contribution in [2.24, 2.45) is 5.92 Å². The Labute approximate surface area is 99.2 Å². The Morgan fingerprint density at radius 1 is 1.19 bits per heavy atom. The van der Waals surface area contributed by atoms with Gasteiger partial charge in [-0.15, -0.1) is 0 Å². The number of Topliss-reactive ketones (excluding diaryl/α,β-unsaturated/α-hetero) is 1. The third-order valence-corrected chi connectivity index (χ3v) is 3.55. The van der Waals surface area contributed by atoms with Gasteiger partial charge in [-0.3, -0.25) is 4.79 Å². The van der Waals surface area contributed by atoms with Crippen molar-refractivity contribution in [3.63, 3.8) is 0 Å². The maximum atomic E-state index is 12.0. The summed E-state index contributed by atoms with van der Waals surface area (Å²) in [7, 11) is -1.20. The number of benzene rings is 1. The van der Waals surface area contributed by atoms with Gasteiger partial charge >= 0.3 is 0 Å². The predicted molar refractivity (Wildman–Crippen MR) is 72.4 cm³/mol. The van der Waals surface area contributed by atoms with Gasteiger partial charge < -0.3 is 0 Å². The Morgan fingerprint density at radius 2 is 1.75 bits per heavy atom. The lowest BCUT2D eigenvalue weighted by molar-refractivity contribution is 0.0953. The number of allylic oxidation sites excluding steroid dienone is 1. The summed E-state index contributed by atoms with van der Waals surface area (Å²) in [6.45, 7) is 8.77. The molecule has 1 aromatic rings. The number of hydrogen-bond donors (Lipinski definition) is 0. The molecule has 0 radical (unpaired) electrons. The highest BCUT2D eigenvalue weighted by Gasteiger charge is 2.14. The fraction of sp³-hybridized carbons (Fsp3) is 0.357. The minimum atomic E-state index is -1.20. The first kappa shape index (κ1) is 12.9. The van der Waals surface area contributed by atoms with Crippen molar-refractivity contribution in [3.8, 4) is 0 Å². The highest BCUT2D eigenvalue weighted by molar-refractivity contribution is 6.80. The standard InChI is InChI=1S/C14H20OSi/c1-12(10-11-16(2,3)4)14(15)13-8-6-5-7-9-13/h5-12H,1-4H3/b11-10+. The maximum Gasteiger partial charge on any atom is 0.169 e. The van der Waals surface area contributed by atoms with E-state index in [1.165, 1.54) is 0 Å². The van der Waals surface area contributed by atoms with E-state index in [2.05, 4.69) is 31.4 Å². The van der Waals surface area contributed by atoms with E-state index in [0.717, 1.165) is 5.56 Å². The van der Waals surface area contributed by atoms with Crippen LogP contribution in [0.4, 0.5) is 0 Å². The van der Waals surface area contributed by atoms with Crippen molar-refractivity contribution in [2.45, 2.75) is 26.6 Å². The summed E-state index contributed by atoms with van der Waals surface area (Å²) in [6.07, 6.45) is 2.06. The monoisotopic (exact) mass is 232 g/mol. The second-order valence-corrected chi connectivity index (χ2v) is 10.3. The molecule has 1 unspecified atom stereocenters. The summed E-state index contributed by atoms with van der Waals surface area (Å²) in [5, 5.41) is 0. The van der Waals surface area contributed by atoms with E-state index in [4.69, 9.17) is 0 Å². The average Bonchev–Trinajstić information content (AvgIpc) is 2.25. The van der Waals surface area contributed by atoms with Gasteiger partial charge in [0.05, 0.1) is 8.07 Å². The van der Waals surface area contributed by atoms with Gasteiger partial charge in [0.1, 0.15) is 0 Å². The van der Waals surface area contributed by atoms with Crippen molar-refractivity contribution >= 4 is 13.9 Å². The van der Waals surface area contributed by atoms with Gasteiger partial charge in [-0.05, 0) is 0 Å². The largest absolute Gasteiger partial charge is 0.294 e. The molecule has 0 amide bonds. The highest BCUT2D eigenvalue weighted by Crippen LogP contribution is 2.12. The van der Waals surface area contributed by atoms with Gasteiger partial charge in [0, 0.05) is 11.5 Å². The summed E-state index contributed by atoms with van der Waals surface area (Å²) >= 11 is 0. The molecule has 0 aliphatic carbocycles. The Kier molecular flexibility index (Phi) is 4.24. The van der Waals surface area contributed by atoms with E-state index in [9.17, 15) is 4.79 Å². The van der Waals surface area contributed by atoms with E-state index in [1.807, 2.05) is 37.3 Å². The average molecular weight is 232 g/mol. The van der Waals surface area contributed by atoms with Gasteiger partial charge in [-0.1, -0.05) is 68.7 Å². The normalized spacial score (nSPS) is 14.0. The van der Waals surface area contributed by atoms with E-state index in [-0.39, 0.29) is 11.7 Å². The van der Waals surface area contributed by atoms with Crippen LogP contribution in [-0.2, 0) is 0 Å². The first-order valence-electron chi connectivity index (χ1n) is 5.69. The Bertz CT molecular complexity index is 373. The molecule has 0 N–H and O–H groups in total. The zero-order valence-corrected chi connectivity index (χ0v) is 11.5. The molecule has 0 aliphatic heterocycles. The lowest BCUT2D eigenvalue weighted by atomic mass is 10.00. The fourth-order valence-electron chi connectivity index (χ4n) is 1.39. The van der Waals surface area contributed by atoms with Gasteiger partial charge in [-0.25, -0.2) is 0 Å². The van der Waals surface area contributed by atoms with Crippen LogP contribution in [0.3, 0.4) is 0 Å². The smallest absolute Gasteiger partial charge is 0.169 e. The van der Waals surface area contributed by atoms with Crippen molar-refractivity contribution in [3.05, 3.63) is 47.7 Å². The molecular weight excluding hydrogens is 212 g/mol. The molecule has 1 atom stereocenters. The number of hydrogen-bond acceptors (Lipinski definition) is 1. The number of ketones is 1. The number of carbonyl (C=O) groups excluding carboxylic acids is 1. The molecule has 0 fully saturated rings. The molecule has 0 saturated carbocycles. The lowest BCUT2D eigenvalue weighted by Crippen LogP contribution is -2.17. The predicted octanol–water partition coefficient (Wildman–Crippen LogP) is 3.94. The van der Waals surface area contributed by atoms with E-state index >= 15 is 0 Å². The molecule has 16 heavy (non-hydrogen) atoms. The summed E-state index contributed by atoms with van der Waals surface area (Å²) in [5.41, 5.74) is 3.04. The van der Waals surface area contributed by atoms with Crippen LogP contribution in [0.5, 0.6) is 0 Å². The minimum absolute atomic E-state index is 0.0193. The van der Waals surface area contributed by atoms with Gasteiger partial charge in [0.2, 0.25) is 0 Å². The zero-order chi connectivity index (χ0) is 12.2. The molecule has 1 nitrogen and oxygen atoms in total. The summed E-state index contributed by atoms with van der Waals surface area (Å²) in [6, 6.07) is 9.49. The molecule has 86 valence electrons. The molecule has 0 aliphatic rings. The summed E-state index contributed by atoms with van der Waals surface area (Å²) in [4.78, 5) is 12.0. The summed E-state index contributed by atoms with van der Waals surface area (Å²) < 4.78 is 0.